The van der Waals surface area contributed by atoms with Crippen molar-refractivity contribution in [3.05, 3.63) is 29.8 Å². The minimum absolute atomic E-state index is 0.0650. The fraction of sp³-hybridized carbons (Fsp3) is 0.655. The number of benzene rings is 1. The Balaban J connectivity index is 3.46. The van der Waals surface area contributed by atoms with Crippen LogP contribution in [0.25, 0.3) is 0 Å². The number of hydrogen-bond donors (Lipinski definition) is 4. The lowest BCUT2D eigenvalue weighted by Crippen LogP contribution is -2.53. The number of amides is 4. The number of carbonyl (C=O) groups is 4. The summed E-state index contributed by atoms with van der Waals surface area (Å²) in [6.07, 6.45) is 5.05. The molecule has 220 valence electrons. The highest BCUT2D eigenvalue weighted by Gasteiger charge is 2.37. The predicted molar refractivity (Wildman–Crippen MR) is 151 cm³/mol. The smallest absolute Gasteiger partial charge is 0.408 e. The van der Waals surface area contributed by atoms with Crippen molar-refractivity contribution in [2.24, 2.45) is 5.73 Å². The van der Waals surface area contributed by atoms with Crippen LogP contribution in [-0.2, 0) is 19.1 Å². The van der Waals surface area contributed by atoms with Crippen LogP contribution in [0.4, 0.5) is 4.79 Å². The van der Waals surface area contributed by atoms with Crippen LogP contribution in [0.15, 0.2) is 24.3 Å². The fourth-order valence-corrected chi connectivity index (χ4v) is 4.12. The summed E-state index contributed by atoms with van der Waals surface area (Å²) in [6, 6.07) is 4.10. The van der Waals surface area contributed by atoms with E-state index >= 15 is 0 Å². The molecule has 0 saturated heterocycles. The van der Waals surface area contributed by atoms with Crippen LogP contribution in [0.3, 0.4) is 0 Å². The normalized spacial score (nSPS) is 12.7. The highest BCUT2D eigenvalue weighted by Crippen LogP contribution is 2.30. The third-order valence-electron chi connectivity index (χ3n) is 6.08. The molecule has 0 bridgehead atoms. The van der Waals surface area contributed by atoms with Gasteiger partial charge < -0.3 is 31.1 Å². The van der Waals surface area contributed by atoms with E-state index in [9.17, 15) is 24.3 Å². The van der Waals surface area contributed by atoms with Crippen molar-refractivity contribution < 1.29 is 29.0 Å². The highest BCUT2D eigenvalue weighted by atomic mass is 16.6. The molecule has 5 N–H and O–H groups in total. The molecule has 39 heavy (non-hydrogen) atoms. The molecule has 0 radical (unpaired) electrons. The lowest BCUT2D eigenvalue weighted by Gasteiger charge is -2.35. The van der Waals surface area contributed by atoms with Crippen molar-refractivity contribution in [2.45, 2.75) is 110 Å². The van der Waals surface area contributed by atoms with E-state index in [4.69, 9.17) is 10.5 Å². The van der Waals surface area contributed by atoms with Gasteiger partial charge in [0, 0.05) is 25.1 Å². The van der Waals surface area contributed by atoms with Gasteiger partial charge in [-0.3, -0.25) is 14.4 Å². The summed E-state index contributed by atoms with van der Waals surface area (Å²) in [7, 11) is 0. The molecule has 10 nitrogen and oxygen atoms in total. The van der Waals surface area contributed by atoms with Gasteiger partial charge in [-0.1, -0.05) is 64.2 Å². The maximum absolute atomic E-state index is 14.1. The molecule has 0 fully saturated rings. The van der Waals surface area contributed by atoms with E-state index in [0.29, 0.717) is 13.0 Å². The van der Waals surface area contributed by atoms with Crippen LogP contribution >= 0.6 is 0 Å². The van der Waals surface area contributed by atoms with E-state index in [1.807, 2.05) is 0 Å². The third kappa shape index (κ3) is 12.9. The first kappa shape index (κ1) is 33.7. The summed E-state index contributed by atoms with van der Waals surface area (Å²) in [5.41, 5.74) is 4.83. The van der Waals surface area contributed by atoms with Crippen LogP contribution in [0.2, 0.25) is 0 Å². The number of unbranched alkanes of at least 4 members (excludes halogenated alkanes) is 5. The largest absolute Gasteiger partial charge is 0.508 e. The standard InChI is InChI=1S/C29H48N4O6/c1-6-8-10-14-20-33(27(37)22(17-18-24(30)35)32-28(38)39-29(3,4)5)25(21-15-11-12-16-23(21)34)26(36)31-19-13-9-7-2/h11-12,15-16,22,25,34H,6-10,13-14,17-20H2,1-5H3,(H2,30,35)(H,31,36)(H,32,38). The van der Waals surface area contributed by atoms with Crippen LogP contribution < -0.4 is 16.4 Å². The van der Waals surface area contributed by atoms with E-state index < -0.39 is 41.5 Å². The Morgan fingerprint density at radius 2 is 1.64 bits per heavy atom. The molecular weight excluding hydrogens is 500 g/mol. The Hall–Kier alpha value is -3.30. The molecule has 1 aromatic rings. The third-order valence-corrected chi connectivity index (χ3v) is 6.08. The van der Waals surface area contributed by atoms with E-state index in [1.54, 1.807) is 39.0 Å². The highest BCUT2D eigenvalue weighted by molar-refractivity contribution is 5.92. The number of rotatable bonds is 17. The van der Waals surface area contributed by atoms with Crippen molar-refractivity contribution in [1.29, 1.82) is 0 Å². The van der Waals surface area contributed by atoms with Crippen LogP contribution in [0.5, 0.6) is 5.75 Å². The molecule has 0 saturated carbocycles. The summed E-state index contributed by atoms with van der Waals surface area (Å²) in [5.74, 6) is -1.73. The molecular formula is C29H48N4O6. The van der Waals surface area contributed by atoms with Gasteiger partial charge in [-0.05, 0) is 46.1 Å². The van der Waals surface area contributed by atoms with E-state index in [1.165, 1.54) is 11.0 Å². The number of ether oxygens (including phenoxy) is 1. The Morgan fingerprint density at radius 1 is 1.00 bits per heavy atom. The minimum Gasteiger partial charge on any atom is -0.508 e. The van der Waals surface area contributed by atoms with Gasteiger partial charge in [-0.25, -0.2) is 4.79 Å². The monoisotopic (exact) mass is 548 g/mol. The molecule has 2 atom stereocenters. The zero-order chi connectivity index (χ0) is 29.4. The van der Waals surface area contributed by atoms with Crippen molar-refractivity contribution in [1.82, 2.24) is 15.5 Å². The second kappa shape index (κ2) is 17.3. The van der Waals surface area contributed by atoms with Crippen molar-refractivity contribution in [3.8, 4) is 5.75 Å². The number of para-hydroxylation sites is 1. The number of hydrogen-bond acceptors (Lipinski definition) is 6. The maximum Gasteiger partial charge on any atom is 0.408 e. The van der Waals surface area contributed by atoms with E-state index in [0.717, 1.165) is 38.5 Å². The number of alkyl carbamates (subject to hydrolysis) is 1. The van der Waals surface area contributed by atoms with Gasteiger partial charge in [-0.15, -0.1) is 0 Å². The zero-order valence-corrected chi connectivity index (χ0v) is 24.3. The van der Waals surface area contributed by atoms with E-state index in [2.05, 4.69) is 24.5 Å². The predicted octanol–water partition coefficient (Wildman–Crippen LogP) is 4.31. The molecule has 0 aliphatic heterocycles. The first-order chi connectivity index (χ1) is 18.4. The van der Waals surface area contributed by atoms with Gasteiger partial charge in [-0.2, -0.15) is 0 Å². The Labute approximate surface area is 233 Å². The summed E-state index contributed by atoms with van der Waals surface area (Å²) >= 11 is 0. The van der Waals surface area contributed by atoms with Crippen molar-refractivity contribution in [2.75, 3.05) is 13.1 Å². The van der Waals surface area contributed by atoms with Gasteiger partial charge in [0.1, 0.15) is 23.4 Å². The quantitative estimate of drug-likeness (QED) is 0.213. The number of carbonyl (C=O) groups excluding carboxylic acids is 4. The molecule has 1 aromatic carbocycles. The topological polar surface area (TPSA) is 151 Å². The zero-order valence-electron chi connectivity index (χ0n) is 24.3. The fourth-order valence-electron chi connectivity index (χ4n) is 4.12. The molecule has 0 spiro atoms. The summed E-state index contributed by atoms with van der Waals surface area (Å²) < 4.78 is 5.35. The van der Waals surface area contributed by atoms with Crippen LogP contribution in [0, 0.1) is 0 Å². The van der Waals surface area contributed by atoms with Crippen molar-refractivity contribution in [3.63, 3.8) is 0 Å². The number of aromatic hydroxyl groups is 1. The second-order valence-corrected chi connectivity index (χ2v) is 10.8. The molecule has 2 unspecified atom stereocenters. The van der Waals surface area contributed by atoms with Gasteiger partial charge in [0.15, 0.2) is 0 Å². The average molecular weight is 549 g/mol. The maximum atomic E-state index is 14.1. The van der Waals surface area contributed by atoms with Gasteiger partial charge in [0.05, 0.1) is 0 Å². The van der Waals surface area contributed by atoms with Gasteiger partial charge in [0.2, 0.25) is 17.7 Å². The number of primary amides is 1. The first-order valence-electron chi connectivity index (χ1n) is 14.0. The second-order valence-electron chi connectivity index (χ2n) is 10.8. The lowest BCUT2D eigenvalue weighted by atomic mass is 10.00. The lowest BCUT2D eigenvalue weighted by molar-refractivity contribution is -0.143. The number of nitrogens with zero attached hydrogens (tertiary/aromatic N) is 1. The van der Waals surface area contributed by atoms with E-state index in [-0.39, 0.29) is 30.7 Å². The van der Waals surface area contributed by atoms with Gasteiger partial charge >= 0.3 is 6.09 Å². The van der Waals surface area contributed by atoms with Crippen LogP contribution in [-0.4, -0.2) is 58.6 Å². The van der Waals surface area contributed by atoms with Crippen molar-refractivity contribution >= 4 is 23.8 Å². The molecule has 0 heterocycles. The molecule has 0 aliphatic carbocycles. The molecule has 0 aliphatic rings. The van der Waals surface area contributed by atoms with Gasteiger partial charge in [0.25, 0.3) is 0 Å². The summed E-state index contributed by atoms with van der Waals surface area (Å²) in [5, 5.41) is 16.2. The molecule has 4 amide bonds. The summed E-state index contributed by atoms with van der Waals surface area (Å²) in [4.78, 5) is 53.3. The van der Waals surface area contributed by atoms with Crippen LogP contribution in [0.1, 0.15) is 104 Å². The Morgan fingerprint density at radius 3 is 2.23 bits per heavy atom. The Kier molecular flexibility index (Phi) is 15.0. The average Bonchev–Trinajstić information content (AvgIpc) is 2.85. The summed E-state index contributed by atoms with van der Waals surface area (Å²) in [6.45, 7) is 9.87. The Bertz CT molecular complexity index is 931. The number of nitrogens with one attached hydrogen (secondary N) is 2. The molecule has 0 aromatic heterocycles. The first-order valence-corrected chi connectivity index (χ1v) is 14.0. The number of phenols is 1. The number of phenolic OH excluding ortho intramolecular Hbond substituents is 1. The number of nitrogens with two attached hydrogens (primary N) is 1. The minimum atomic E-state index is -1.17. The molecule has 1 rings (SSSR count). The molecule has 10 heteroatoms. The SMILES string of the molecule is CCCCCCN(C(=O)C(CCC(N)=O)NC(=O)OC(C)(C)C)C(C(=O)NCCCCC)c1ccccc1O.